The lowest BCUT2D eigenvalue weighted by molar-refractivity contribution is 0.938. The Morgan fingerprint density at radius 2 is 0.733 bits per heavy atom. The average molecular weight is 767 g/mol. The van der Waals surface area contributed by atoms with Crippen LogP contribution >= 0.6 is 0 Å². The summed E-state index contributed by atoms with van der Waals surface area (Å²) in [6.45, 7) is 0.275. The van der Waals surface area contributed by atoms with E-state index in [1.165, 1.54) is 32.8 Å². The van der Waals surface area contributed by atoms with Crippen LogP contribution in [0.2, 0.25) is 0 Å². The van der Waals surface area contributed by atoms with Crippen LogP contribution in [-0.2, 0) is 0 Å². The second kappa shape index (κ2) is 15.2. The number of hydrogen-bond acceptors (Lipinski definition) is 4. The van der Waals surface area contributed by atoms with Gasteiger partial charge in [-0.15, -0.1) is 10.2 Å². The summed E-state index contributed by atoms with van der Waals surface area (Å²) in [5.74, 6) is 0.950. The van der Waals surface area contributed by atoms with E-state index in [-0.39, 0.29) is 13.4 Å². The minimum atomic E-state index is 0.130. The van der Waals surface area contributed by atoms with Crippen molar-refractivity contribution in [2.75, 3.05) is 0 Å². The van der Waals surface area contributed by atoms with E-state index in [1.54, 1.807) is 0 Å². The monoisotopic (exact) mass is 766 g/mol. The first-order valence-corrected chi connectivity index (χ1v) is 20.3. The zero-order valence-corrected chi connectivity index (χ0v) is 32.6. The lowest BCUT2D eigenvalue weighted by atomic mass is 9.37. The molecule has 60 heavy (non-hydrogen) atoms. The van der Waals surface area contributed by atoms with E-state index in [1.807, 2.05) is 21.3 Å². The van der Waals surface area contributed by atoms with E-state index < -0.39 is 0 Å². The van der Waals surface area contributed by atoms with E-state index >= 15 is 0 Å². The molecule has 0 amide bonds. The van der Waals surface area contributed by atoms with Gasteiger partial charge in [0.25, 0.3) is 0 Å². The molecule has 0 N–H and O–H groups in total. The molecule has 0 saturated carbocycles. The van der Waals surface area contributed by atoms with Crippen LogP contribution in [0.5, 0.6) is 0 Å². The summed E-state index contributed by atoms with van der Waals surface area (Å²) in [6, 6.07) is 73.1. The van der Waals surface area contributed by atoms with E-state index in [0.717, 1.165) is 44.3 Å². The number of rotatable bonds is 9. The summed E-state index contributed by atoms with van der Waals surface area (Å²) >= 11 is 0. The molecule has 6 nitrogen and oxygen atoms in total. The number of hydrogen-bond donors (Lipinski definition) is 0. The van der Waals surface area contributed by atoms with Crippen molar-refractivity contribution >= 4 is 68.3 Å². The fourth-order valence-corrected chi connectivity index (χ4v) is 8.63. The Morgan fingerprint density at radius 1 is 0.317 bits per heavy atom. The molecule has 280 valence electrons. The fraction of sp³-hybridized carbons (Fsp3) is 0. The summed E-state index contributed by atoms with van der Waals surface area (Å²) in [6.07, 6.45) is 4.10. The van der Waals surface area contributed by atoms with Crippen LogP contribution in [0, 0.1) is 0 Å². The van der Waals surface area contributed by atoms with Gasteiger partial charge >= 0.3 is 0 Å². The van der Waals surface area contributed by atoms with Gasteiger partial charge in [0.2, 0.25) is 25.1 Å². The molecule has 0 spiro atoms. The third-order valence-corrected chi connectivity index (χ3v) is 11.5. The zero-order chi connectivity index (χ0) is 39.8. The van der Waals surface area contributed by atoms with Crippen molar-refractivity contribution < 1.29 is 0 Å². The van der Waals surface area contributed by atoms with E-state index in [9.17, 15) is 0 Å². The normalized spacial score (nSPS) is 11.3. The molecule has 4 aromatic heterocycles. The van der Waals surface area contributed by atoms with Crippen LogP contribution in [-0.4, -0.2) is 42.6 Å². The molecule has 0 radical (unpaired) electrons. The molecular formula is C52H36B2N6. The zero-order valence-electron chi connectivity index (χ0n) is 32.6. The third kappa shape index (κ3) is 6.54. The van der Waals surface area contributed by atoms with Gasteiger partial charge in [-0.1, -0.05) is 227 Å². The van der Waals surface area contributed by atoms with Crippen molar-refractivity contribution in [2.45, 2.75) is 0 Å². The predicted octanol–water partition coefficient (Wildman–Crippen LogP) is 6.96. The van der Waals surface area contributed by atoms with Crippen LogP contribution in [0.15, 0.2) is 219 Å². The molecule has 0 aliphatic carbocycles. The Kier molecular flexibility index (Phi) is 8.93. The van der Waals surface area contributed by atoms with Crippen molar-refractivity contribution in [3.63, 3.8) is 0 Å². The fourth-order valence-electron chi connectivity index (χ4n) is 8.63. The second-order valence-electron chi connectivity index (χ2n) is 15.2. The van der Waals surface area contributed by atoms with Crippen molar-refractivity contribution in [1.29, 1.82) is 0 Å². The minimum absolute atomic E-state index is 0.130. The molecule has 0 bridgehead atoms. The maximum Gasteiger partial charge on any atom is 0.241 e. The van der Waals surface area contributed by atoms with Gasteiger partial charge < -0.3 is 0 Å². The molecule has 11 rings (SSSR count). The van der Waals surface area contributed by atoms with Crippen molar-refractivity contribution in [2.24, 2.45) is 0 Å². The molecule has 0 aliphatic rings. The van der Waals surface area contributed by atoms with E-state index in [2.05, 4.69) is 206 Å². The molecular weight excluding hydrogens is 730 g/mol. The topological polar surface area (TPSA) is 60.4 Å². The van der Waals surface area contributed by atoms with Gasteiger partial charge in [-0.05, 0) is 28.6 Å². The highest BCUT2D eigenvalue weighted by molar-refractivity contribution is 6.96. The number of benzene rings is 7. The van der Waals surface area contributed by atoms with Crippen LogP contribution in [0.1, 0.15) is 0 Å². The Balaban J connectivity index is 0.913. The highest BCUT2D eigenvalue weighted by atomic mass is 15.3. The van der Waals surface area contributed by atoms with Crippen molar-refractivity contribution in [1.82, 2.24) is 29.2 Å². The Morgan fingerprint density at radius 3 is 1.27 bits per heavy atom. The molecule has 0 unspecified atom stereocenters. The third-order valence-electron chi connectivity index (χ3n) is 11.5. The van der Waals surface area contributed by atoms with Gasteiger partial charge in [0, 0.05) is 28.9 Å². The van der Waals surface area contributed by atoms with Gasteiger partial charge in [0.15, 0.2) is 11.3 Å². The first-order chi connectivity index (χ1) is 29.7. The SMILES string of the molecule is c1ccc(B(c2ccccc2)c2ccc(-c3ccc4nc(-c5nc6c7ccccc7c(-c7ccc(B(c8ccccc8)c8ccccc8)cc7)cn6n5)nn4c3)cc2)cc1. The van der Waals surface area contributed by atoms with Gasteiger partial charge in [0.1, 0.15) is 0 Å². The minimum Gasteiger partial charge on any atom is -0.220 e. The lowest BCUT2D eigenvalue weighted by Gasteiger charge is -2.16. The first kappa shape index (κ1) is 35.3. The quantitative estimate of drug-likeness (QED) is 0.149. The summed E-state index contributed by atoms with van der Waals surface area (Å²) in [7, 11) is 0. The van der Waals surface area contributed by atoms with Crippen molar-refractivity contribution in [3.05, 3.63) is 219 Å². The number of aromatic nitrogens is 6. The average Bonchev–Trinajstić information content (AvgIpc) is 3.96. The van der Waals surface area contributed by atoms with Gasteiger partial charge in [0.05, 0.1) is 0 Å². The molecule has 4 heterocycles. The summed E-state index contributed by atoms with van der Waals surface area (Å²) in [5, 5.41) is 12.0. The van der Waals surface area contributed by atoms with Crippen LogP contribution in [0.4, 0.5) is 0 Å². The molecule has 11 aromatic rings. The molecule has 0 saturated heterocycles. The maximum absolute atomic E-state index is 5.02. The van der Waals surface area contributed by atoms with E-state index in [0.29, 0.717) is 11.6 Å². The van der Waals surface area contributed by atoms with Gasteiger partial charge in [-0.25, -0.2) is 19.0 Å². The van der Waals surface area contributed by atoms with Crippen LogP contribution in [0.3, 0.4) is 0 Å². The summed E-state index contributed by atoms with van der Waals surface area (Å²) in [4.78, 5) is 9.88. The summed E-state index contributed by atoms with van der Waals surface area (Å²) in [5.41, 5.74) is 13.4. The molecule has 7 aromatic carbocycles. The molecule has 0 aliphatic heterocycles. The maximum atomic E-state index is 5.02. The Bertz CT molecular complexity index is 3160. The Hall–Kier alpha value is -7.83. The van der Waals surface area contributed by atoms with Crippen LogP contribution in [0.25, 0.3) is 56.0 Å². The number of pyridine rings is 2. The standard InChI is InChI=1S/C52H36B2N6/c1-5-15-40(16-6-1)53(41-17-7-2-8-18-41)44-30-25-37(26-31-44)39-29-34-49-55-50(57-59(49)35-39)51-56-52-47-24-14-13-23-46(47)48(36-60(52)58-51)38-27-32-45(33-28-38)54(42-19-9-3-10-20-42)43-21-11-4-12-22-43/h1-36H. The largest absolute Gasteiger partial charge is 0.241 e. The predicted molar refractivity (Wildman–Crippen MR) is 248 cm³/mol. The highest BCUT2D eigenvalue weighted by Gasteiger charge is 2.23. The van der Waals surface area contributed by atoms with Crippen LogP contribution < -0.4 is 32.8 Å². The van der Waals surface area contributed by atoms with E-state index in [4.69, 9.17) is 20.2 Å². The van der Waals surface area contributed by atoms with Crippen molar-refractivity contribution in [3.8, 4) is 33.9 Å². The van der Waals surface area contributed by atoms with Gasteiger partial charge in [-0.3, -0.25) is 0 Å². The molecule has 8 heteroatoms. The highest BCUT2D eigenvalue weighted by Crippen LogP contribution is 2.31. The van der Waals surface area contributed by atoms with Gasteiger partial charge in [-0.2, -0.15) is 0 Å². The Labute approximate surface area is 348 Å². The smallest absolute Gasteiger partial charge is 0.220 e. The molecule has 0 fully saturated rings. The summed E-state index contributed by atoms with van der Waals surface area (Å²) < 4.78 is 3.69. The lowest BCUT2D eigenvalue weighted by Crippen LogP contribution is -2.51. The number of nitrogens with zero attached hydrogens (tertiary/aromatic N) is 6. The molecule has 0 atom stereocenters. The first-order valence-electron chi connectivity index (χ1n) is 20.3. The number of fused-ring (bicyclic) bond motifs is 4. The second-order valence-corrected chi connectivity index (χ2v) is 15.2.